The lowest BCUT2D eigenvalue weighted by Gasteiger charge is -2.26. The maximum atomic E-state index is 12.4. The first-order valence-corrected chi connectivity index (χ1v) is 8.34. The van der Waals surface area contributed by atoms with Gasteiger partial charge in [-0.2, -0.15) is 0 Å². The number of carbonyl (C=O) groups excluding carboxylic acids is 2. The third-order valence-corrected chi connectivity index (χ3v) is 5.93. The van der Waals surface area contributed by atoms with Gasteiger partial charge < -0.3 is 9.57 Å². The molecular formula is C16H13BrN2O4. The van der Waals surface area contributed by atoms with Crippen LogP contribution in [0.5, 0.6) is 0 Å². The lowest BCUT2D eigenvalue weighted by molar-refractivity contribution is -0.141. The molecule has 2 bridgehead atoms. The van der Waals surface area contributed by atoms with Gasteiger partial charge in [0.25, 0.3) is 0 Å². The topological polar surface area (TPSA) is 68.2 Å². The van der Waals surface area contributed by atoms with Crippen molar-refractivity contribution in [3.8, 4) is 0 Å². The molecule has 6 nitrogen and oxygen atoms in total. The van der Waals surface area contributed by atoms with Gasteiger partial charge in [-0.1, -0.05) is 33.2 Å². The third kappa shape index (κ3) is 1.59. The van der Waals surface area contributed by atoms with Gasteiger partial charge >= 0.3 is 0 Å². The Bertz CT molecular complexity index is 762. The average molecular weight is 377 g/mol. The number of rotatable bonds is 1. The van der Waals surface area contributed by atoms with Crippen LogP contribution in [0.4, 0.5) is 0 Å². The van der Waals surface area contributed by atoms with Crippen molar-refractivity contribution in [3.63, 3.8) is 0 Å². The molecule has 6 atom stereocenters. The molecule has 1 aromatic rings. The number of imide groups is 1. The Labute approximate surface area is 140 Å². The van der Waals surface area contributed by atoms with E-state index < -0.39 is 11.8 Å². The van der Waals surface area contributed by atoms with Crippen LogP contribution in [0.3, 0.4) is 0 Å². The lowest BCUT2D eigenvalue weighted by Crippen LogP contribution is -2.45. The summed E-state index contributed by atoms with van der Waals surface area (Å²) in [5.74, 6) is -1.22. The summed E-state index contributed by atoms with van der Waals surface area (Å²) in [5.41, 5.74) is 1.77. The zero-order chi connectivity index (χ0) is 15.9. The Hall–Kier alpha value is -1.73. The van der Waals surface area contributed by atoms with Gasteiger partial charge in [-0.3, -0.25) is 14.5 Å². The zero-order valence-electron chi connectivity index (χ0n) is 12.2. The second-order valence-corrected chi connectivity index (χ2v) is 7.35. The molecule has 2 amide bonds. The zero-order valence-corrected chi connectivity index (χ0v) is 13.8. The third-order valence-electron chi connectivity index (χ3n) is 5.40. The van der Waals surface area contributed by atoms with Crippen molar-refractivity contribution >= 4 is 33.5 Å². The molecule has 4 heterocycles. The summed E-state index contributed by atoms with van der Waals surface area (Å²) in [6, 6.07) is 7.82. The number of oxime groups is 1. The van der Waals surface area contributed by atoms with E-state index in [0.29, 0.717) is 0 Å². The van der Waals surface area contributed by atoms with Crippen molar-refractivity contribution in [2.24, 2.45) is 22.9 Å². The van der Waals surface area contributed by atoms with E-state index in [-0.39, 0.29) is 36.0 Å². The smallest absolute Gasteiger partial charge is 0.235 e. The van der Waals surface area contributed by atoms with Crippen molar-refractivity contribution in [1.82, 2.24) is 4.90 Å². The fourth-order valence-corrected chi connectivity index (χ4v) is 4.63. The number of likely N-dealkylation sites (tertiary alicyclic amines) is 1. The Morgan fingerprint density at radius 2 is 1.65 bits per heavy atom. The molecule has 23 heavy (non-hydrogen) atoms. The highest BCUT2D eigenvalue weighted by atomic mass is 79.9. The van der Waals surface area contributed by atoms with Crippen LogP contribution >= 0.6 is 15.9 Å². The van der Waals surface area contributed by atoms with E-state index in [1.54, 1.807) is 7.05 Å². The monoisotopic (exact) mass is 376 g/mol. The summed E-state index contributed by atoms with van der Waals surface area (Å²) in [6.07, 6.45) is -0.988. The van der Waals surface area contributed by atoms with Gasteiger partial charge in [0.15, 0.2) is 6.10 Å². The maximum Gasteiger partial charge on any atom is 0.235 e. The molecule has 0 saturated carbocycles. The number of fused-ring (bicyclic) bond motifs is 8. The molecule has 0 aliphatic carbocycles. The highest BCUT2D eigenvalue weighted by Gasteiger charge is 2.71. The Morgan fingerprint density at radius 3 is 2.35 bits per heavy atom. The number of ether oxygens (including phenoxy) is 1. The van der Waals surface area contributed by atoms with Gasteiger partial charge in [-0.15, -0.1) is 0 Å². The first-order chi connectivity index (χ1) is 11.1. The van der Waals surface area contributed by atoms with E-state index >= 15 is 0 Å². The van der Waals surface area contributed by atoms with Crippen molar-refractivity contribution in [1.29, 1.82) is 0 Å². The SMILES string of the molecule is CN1C(=O)[C@@H]2[C@H]3O[C@@H]([C@@H]4C(c5ccc(Br)cc5)=NO[C@H]34)[C@H]2C1=O. The summed E-state index contributed by atoms with van der Waals surface area (Å²) >= 11 is 3.42. The van der Waals surface area contributed by atoms with Crippen LogP contribution in [-0.4, -0.2) is 47.8 Å². The summed E-state index contributed by atoms with van der Waals surface area (Å²) in [6.45, 7) is 0. The standard InChI is InChI=1S/C16H13BrN2O4/c1-19-15(20)8-9(16(19)21)13-14-10(12(8)22-13)11(18-23-14)6-2-4-7(17)5-3-6/h2-5,8-10,12-14H,1H3/t8-,9-,10-,12+,13+,14-/m0/s1. The average Bonchev–Trinajstić information content (AvgIpc) is 3.26. The summed E-state index contributed by atoms with van der Waals surface area (Å²) in [7, 11) is 1.54. The second-order valence-electron chi connectivity index (χ2n) is 6.43. The second kappa shape index (κ2) is 4.42. The number of amides is 2. The van der Waals surface area contributed by atoms with Crippen molar-refractivity contribution in [2.45, 2.75) is 18.3 Å². The van der Waals surface area contributed by atoms with E-state index in [4.69, 9.17) is 9.57 Å². The first kappa shape index (κ1) is 13.7. The first-order valence-electron chi connectivity index (χ1n) is 7.54. The quantitative estimate of drug-likeness (QED) is 0.690. The molecular weight excluding hydrogens is 364 g/mol. The van der Waals surface area contributed by atoms with Gasteiger partial charge in [0.2, 0.25) is 11.8 Å². The van der Waals surface area contributed by atoms with Gasteiger partial charge in [-0.25, -0.2) is 0 Å². The molecule has 3 fully saturated rings. The van der Waals surface area contributed by atoms with Gasteiger partial charge in [-0.05, 0) is 17.7 Å². The molecule has 118 valence electrons. The number of benzene rings is 1. The van der Waals surface area contributed by atoms with Gasteiger partial charge in [0.05, 0.1) is 29.6 Å². The van der Waals surface area contributed by atoms with E-state index in [1.807, 2.05) is 24.3 Å². The molecule has 4 aliphatic heterocycles. The highest BCUT2D eigenvalue weighted by molar-refractivity contribution is 9.10. The van der Waals surface area contributed by atoms with E-state index in [1.165, 1.54) is 4.90 Å². The molecule has 7 heteroatoms. The number of hydrogen-bond donors (Lipinski definition) is 0. The molecule has 4 aliphatic rings. The lowest BCUT2D eigenvalue weighted by atomic mass is 9.71. The molecule has 0 N–H and O–H groups in total. The normalized spacial score (nSPS) is 40.3. The summed E-state index contributed by atoms with van der Waals surface area (Å²) in [5, 5.41) is 4.24. The predicted octanol–water partition coefficient (Wildman–Crippen LogP) is 1.18. The molecule has 0 radical (unpaired) electrons. The molecule has 0 unspecified atom stereocenters. The van der Waals surface area contributed by atoms with Crippen LogP contribution in [-0.2, 0) is 19.2 Å². The number of nitrogens with zero attached hydrogens (tertiary/aromatic N) is 2. The van der Waals surface area contributed by atoms with E-state index in [9.17, 15) is 9.59 Å². The largest absolute Gasteiger partial charge is 0.389 e. The number of carbonyl (C=O) groups is 2. The van der Waals surface area contributed by atoms with Crippen LogP contribution in [0.1, 0.15) is 5.56 Å². The molecule has 0 aromatic heterocycles. The van der Waals surface area contributed by atoms with Crippen molar-refractivity contribution in [2.75, 3.05) is 7.05 Å². The van der Waals surface area contributed by atoms with Crippen molar-refractivity contribution < 1.29 is 19.2 Å². The molecule has 3 saturated heterocycles. The Morgan fingerprint density at radius 1 is 1.00 bits per heavy atom. The molecule has 5 rings (SSSR count). The van der Waals surface area contributed by atoms with Crippen LogP contribution in [0.15, 0.2) is 33.9 Å². The maximum absolute atomic E-state index is 12.4. The fourth-order valence-electron chi connectivity index (χ4n) is 4.37. The molecule has 1 aromatic carbocycles. The summed E-state index contributed by atoms with van der Waals surface area (Å²) < 4.78 is 6.97. The van der Waals surface area contributed by atoms with Crippen LogP contribution < -0.4 is 0 Å². The number of halogens is 1. The van der Waals surface area contributed by atoms with E-state index in [2.05, 4.69) is 21.1 Å². The van der Waals surface area contributed by atoms with Crippen LogP contribution in [0.2, 0.25) is 0 Å². The Balaban J connectivity index is 1.53. The van der Waals surface area contributed by atoms with Crippen LogP contribution in [0, 0.1) is 17.8 Å². The summed E-state index contributed by atoms with van der Waals surface area (Å²) in [4.78, 5) is 31.5. The van der Waals surface area contributed by atoms with Crippen molar-refractivity contribution in [3.05, 3.63) is 34.3 Å². The number of hydrogen-bond acceptors (Lipinski definition) is 5. The van der Waals surface area contributed by atoms with Gasteiger partial charge in [0, 0.05) is 11.5 Å². The fraction of sp³-hybridized carbons (Fsp3) is 0.438. The minimum absolute atomic E-state index is 0.0920. The van der Waals surface area contributed by atoms with Crippen LogP contribution in [0.25, 0.3) is 0 Å². The minimum atomic E-state index is -0.418. The Kier molecular flexibility index (Phi) is 2.63. The predicted molar refractivity (Wildman–Crippen MR) is 82.5 cm³/mol. The molecule has 0 spiro atoms. The minimum Gasteiger partial charge on any atom is -0.389 e. The van der Waals surface area contributed by atoms with E-state index in [0.717, 1.165) is 15.7 Å². The van der Waals surface area contributed by atoms with Gasteiger partial charge in [0.1, 0.15) is 6.10 Å². The highest BCUT2D eigenvalue weighted by Crippen LogP contribution is 2.54.